The van der Waals surface area contributed by atoms with Crippen LogP contribution >= 0.6 is 0 Å². The van der Waals surface area contributed by atoms with Crippen molar-refractivity contribution in [1.82, 2.24) is 0 Å². The summed E-state index contributed by atoms with van der Waals surface area (Å²) in [6.07, 6.45) is 17.1. The molecule has 5 nitrogen and oxygen atoms in total. The molecule has 0 radical (unpaired) electrons. The van der Waals surface area contributed by atoms with E-state index in [-0.39, 0.29) is 11.5 Å². The van der Waals surface area contributed by atoms with Crippen LogP contribution in [0.15, 0.2) is 47.4 Å². The first-order chi connectivity index (χ1) is 15.4. The average Bonchev–Trinajstić information content (AvgIpc) is 2.74. The fraction of sp³-hybridized carbons (Fsp3) is 0.538. The first kappa shape index (κ1) is 26.2. The van der Waals surface area contributed by atoms with E-state index in [0.717, 1.165) is 12.5 Å². The number of aromatic hydroxyl groups is 1. The van der Waals surface area contributed by atoms with Crippen molar-refractivity contribution >= 4 is 10.1 Å². The molecule has 0 spiro atoms. The van der Waals surface area contributed by atoms with Crippen LogP contribution in [0.5, 0.6) is 17.2 Å². The maximum atomic E-state index is 11.3. The van der Waals surface area contributed by atoms with Crippen molar-refractivity contribution in [2.45, 2.75) is 95.3 Å². The molecule has 0 aliphatic rings. The summed E-state index contributed by atoms with van der Waals surface area (Å²) in [5, 5.41) is 9.66. The van der Waals surface area contributed by atoms with E-state index in [1.54, 1.807) is 0 Å². The number of benzene rings is 2. The molecule has 0 heterocycles. The monoisotopic (exact) mass is 462 g/mol. The first-order valence-electron chi connectivity index (χ1n) is 12.0. The zero-order valence-corrected chi connectivity index (χ0v) is 20.1. The summed E-state index contributed by atoms with van der Waals surface area (Å²) in [6.45, 7) is 2.26. The summed E-state index contributed by atoms with van der Waals surface area (Å²) in [4.78, 5) is -0.406. The number of unbranched alkanes of at least 4 members (excludes halogenated alkanes) is 11. The maximum absolute atomic E-state index is 11.3. The highest BCUT2D eigenvalue weighted by Crippen LogP contribution is 2.29. The SMILES string of the molecule is CCCCCCCCCCCCCCc1ccc(Oc2cc(O)cc(S(=O)(=O)O)c2)cc1. The van der Waals surface area contributed by atoms with E-state index in [1.165, 1.54) is 94.7 Å². The second-order valence-corrected chi connectivity index (χ2v) is 9.94. The average molecular weight is 463 g/mol. The van der Waals surface area contributed by atoms with E-state index in [9.17, 15) is 13.5 Å². The number of ether oxygens (including phenoxy) is 1. The first-order valence-corrected chi connectivity index (χ1v) is 13.4. The smallest absolute Gasteiger partial charge is 0.294 e. The van der Waals surface area contributed by atoms with Crippen LogP contribution in [0.2, 0.25) is 0 Å². The molecule has 178 valence electrons. The summed E-state index contributed by atoms with van der Waals surface area (Å²) in [5.74, 6) is 0.389. The molecule has 0 aliphatic heterocycles. The molecule has 0 bridgehead atoms. The molecule has 0 amide bonds. The predicted octanol–water partition coefficient (Wildman–Crippen LogP) is 7.67. The molecule has 0 unspecified atom stereocenters. The Morgan fingerprint density at radius 1 is 0.719 bits per heavy atom. The summed E-state index contributed by atoms with van der Waals surface area (Å²) >= 11 is 0. The lowest BCUT2D eigenvalue weighted by atomic mass is 10.0. The van der Waals surface area contributed by atoms with Crippen molar-refractivity contribution in [2.75, 3.05) is 0 Å². The normalized spacial score (nSPS) is 11.6. The minimum atomic E-state index is -4.41. The molecule has 0 aromatic heterocycles. The molecular formula is C26H38O5S. The second kappa shape index (κ2) is 14.2. The van der Waals surface area contributed by atoms with Gasteiger partial charge in [0.2, 0.25) is 0 Å². The van der Waals surface area contributed by atoms with Gasteiger partial charge in [-0.15, -0.1) is 0 Å². The number of phenolic OH excluding ortho intramolecular Hbond substituents is 1. The number of hydrogen-bond donors (Lipinski definition) is 2. The van der Waals surface area contributed by atoms with Gasteiger partial charge in [-0.1, -0.05) is 89.7 Å². The molecule has 0 fully saturated rings. The van der Waals surface area contributed by atoms with Crippen LogP contribution in [0.25, 0.3) is 0 Å². The molecule has 2 N–H and O–H groups in total. The van der Waals surface area contributed by atoms with E-state index in [1.807, 2.05) is 24.3 Å². The fourth-order valence-corrected chi connectivity index (χ4v) is 4.33. The summed E-state index contributed by atoms with van der Waals surface area (Å²) in [7, 11) is -4.41. The van der Waals surface area contributed by atoms with E-state index < -0.39 is 15.0 Å². The van der Waals surface area contributed by atoms with Crippen LogP contribution in [-0.4, -0.2) is 18.1 Å². The summed E-state index contributed by atoms with van der Waals surface area (Å²) in [6, 6.07) is 11.1. The minimum Gasteiger partial charge on any atom is -0.508 e. The van der Waals surface area contributed by atoms with Crippen LogP contribution in [0.3, 0.4) is 0 Å². The lowest BCUT2D eigenvalue weighted by molar-refractivity contribution is 0.447. The lowest BCUT2D eigenvalue weighted by Crippen LogP contribution is -1.98. The third-order valence-corrected chi connectivity index (χ3v) is 6.47. The fourth-order valence-electron chi connectivity index (χ4n) is 3.79. The molecule has 0 saturated carbocycles. The molecule has 6 heteroatoms. The van der Waals surface area contributed by atoms with Gasteiger partial charge in [0.1, 0.15) is 22.1 Å². The Hall–Kier alpha value is -2.05. The topological polar surface area (TPSA) is 83.8 Å². The zero-order valence-electron chi connectivity index (χ0n) is 19.3. The Kier molecular flexibility index (Phi) is 11.6. The minimum absolute atomic E-state index is 0.145. The molecule has 2 aromatic carbocycles. The quantitative estimate of drug-likeness (QED) is 0.197. The zero-order chi connectivity index (χ0) is 23.2. The Bertz CT molecular complexity index is 891. The highest BCUT2D eigenvalue weighted by molar-refractivity contribution is 7.85. The number of rotatable bonds is 16. The van der Waals surface area contributed by atoms with Crippen LogP contribution in [-0.2, 0) is 16.5 Å². The van der Waals surface area contributed by atoms with Gasteiger partial charge < -0.3 is 9.84 Å². The van der Waals surface area contributed by atoms with Crippen molar-refractivity contribution < 1.29 is 22.8 Å². The standard InChI is InChI=1S/C26H38O5S/c1-2-3-4-5-6-7-8-9-10-11-12-13-14-22-15-17-24(18-16-22)31-25-19-23(27)20-26(21-25)32(28,29)30/h15-21,27H,2-14H2,1H3,(H,28,29,30). The van der Waals surface area contributed by atoms with E-state index in [4.69, 9.17) is 9.29 Å². The van der Waals surface area contributed by atoms with Crippen molar-refractivity contribution in [3.05, 3.63) is 48.0 Å². The Labute approximate surface area is 193 Å². The molecule has 0 aliphatic carbocycles. The Balaban J connectivity index is 1.63. The molecule has 0 atom stereocenters. The number of hydrogen-bond acceptors (Lipinski definition) is 4. The highest BCUT2D eigenvalue weighted by atomic mass is 32.2. The van der Waals surface area contributed by atoms with Gasteiger partial charge in [0.15, 0.2) is 0 Å². The van der Waals surface area contributed by atoms with E-state index >= 15 is 0 Å². The maximum Gasteiger partial charge on any atom is 0.294 e. The van der Waals surface area contributed by atoms with Gasteiger partial charge in [0.05, 0.1) is 0 Å². The third kappa shape index (κ3) is 10.5. The highest BCUT2D eigenvalue weighted by Gasteiger charge is 2.13. The predicted molar refractivity (Wildman–Crippen MR) is 129 cm³/mol. The van der Waals surface area contributed by atoms with Crippen LogP contribution in [0.4, 0.5) is 0 Å². The lowest BCUT2D eigenvalue weighted by Gasteiger charge is -2.09. The van der Waals surface area contributed by atoms with E-state index in [2.05, 4.69) is 6.92 Å². The molecule has 0 saturated heterocycles. The summed E-state index contributed by atoms with van der Waals surface area (Å²) < 4.78 is 37.3. The third-order valence-electron chi connectivity index (χ3n) is 5.64. The van der Waals surface area contributed by atoms with E-state index in [0.29, 0.717) is 5.75 Å². The van der Waals surface area contributed by atoms with Crippen LogP contribution in [0, 0.1) is 0 Å². The molecular weight excluding hydrogens is 424 g/mol. The second-order valence-electron chi connectivity index (χ2n) is 8.52. The Morgan fingerprint density at radius 3 is 1.78 bits per heavy atom. The largest absolute Gasteiger partial charge is 0.508 e. The van der Waals surface area contributed by atoms with Crippen LogP contribution in [0.1, 0.15) is 89.5 Å². The number of aryl methyl sites for hydroxylation is 1. The van der Waals surface area contributed by atoms with Gasteiger partial charge in [0, 0.05) is 18.2 Å². The molecule has 2 rings (SSSR count). The van der Waals surface area contributed by atoms with Crippen LogP contribution < -0.4 is 4.74 Å². The number of phenols is 1. The van der Waals surface area contributed by atoms with Gasteiger partial charge in [0.25, 0.3) is 10.1 Å². The molecule has 32 heavy (non-hydrogen) atoms. The van der Waals surface area contributed by atoms with Gasteiger partial charge in [-0.2, -0.15) is 8.42 Å². The summed E-state index contributed by atoms with van der Waals surface area (Å²) in [5.41, 5.74) is 1.24. The Morgan fingerprint density at radius 2 is 1.25 bits per heavy atom. The van der Waals surface area contributed by atoms with Crippen molar-refractivity contribution in [3.8, 4) is 17.2 Å². The van der Waals surface area contributed by atoms with Crippen molar-refractivity contribution in [2.24, 2.45) is 0 Å². The van der Waals surface area contributed by atoms with Gasteiger partial charge in [-0.05, 0) is 30.5 Å². The van der Waals surface area contributed by atoms with Crippen molar-refractivity contribution in [1.29, 1.82) is 0 Å². The molecule has 2 aromatic rings. The van der Waals surface area contributed by atoms with Gasteiger partial charge in [-0.3, -0.25) is 4.55 Å². The van der Waals surface area contributed by atoms with Gasteiger partial charge in [-0.25, -0.2) is 0 Å². The van der Waals surface area contributed by atoms with Crippen molar-refractivity contribution in [3.63, 3.8) is 0 Å². The van der Waals surface area contributed by atoms with Gasteiger partial charge >= 0.3 is 0 Å².